The first kappa shape index (κ1) is 23.4. The fourth-order valence-corrected chi connectivity index (χ4v) is 3.26. The van der Waals surface area contributed by atoms with E-state index in [1.807, 2.05) is 0 Å². The second-order valence-electron chi connectivity index (χ2n) is 7.43. The molecule has 2 atom stereocenters. The van der Waals surface area contributed by atoms with Crippen LogP contribution in [0.2, 0.25) is 0 Å². The highest BCUT2D eigenvalue weighted by atomic mass is 19.4. The van der Waals surface area contributed by atoms with Gasteiger partial charge in [0.2, 0.25) is 0 Å². The number of carbonyl (C=O) groups is 1. The van der Waals surface area contributed by atoms with Gasteiger partial charge in [-0.05, 0) is 25.1 Å². The Labute approximate surface area is 190 Å². The lowest BCUT2D eigenvalue weighted by Gasteiger charge is -2.26. The molecule has 0 radical (unpaired) electrons. The lowest BCUT2D eigenvalue weighted by molar-refractivity contribution is -0.162. The largest absolute Gasteiger partial charge is 0.486 e. The quantitative estimate of drug-likeness (QED) is 0.537. The average molecular weight is 481 g/mol. The summed E-state index contributed by atoms with van der Waals surface area (Å²) in [5.41, 5.74) is -0.285. The number of hydrogen-bond acceptors (Lipinski definition) is 7. The van der Waals surface area contributed by atoms with Crippen LogP contribution in [0, 0.1) is 5.82 Å². The van der Waals surface area contributed by atoms with E-state index in [2.05, 4.69) is 20.5 Å². The molecule has 180 valence electrons. The predicted octanol–water partition coefficient (Wildman–Crippen LogP) is 3.64. The molecule has 0 saturated carbocycles. The van der Waals surface area contributed by atoms with Gasteiger partial charge in [0.15, 0.2) is 23.4 Å². The molecule has 0 spiro atoms. The zero-order valence-electron chi connectivity index (χ0n) is 18.0. The standard InChI is InChI=1S/C21H19F4N5O4/c1-11(21(23,24)25)30-10-26-29-19(30)15-4-3-5-18(27-15)28-20(31)13-6-16-17(7-14(13)22)34-12(8-32-2)9-33-16/h3-7,10-12H,8-9H2,1-2H3,(H,27,28,31). The number of fused-ring (bicyclic) bond motifs is 1. The highest BCUT2D eigenvalue weighted by molar-refractivity contribution is 6.04. The van der Waals surface area contributed by atoms with Crippen molar-refractivity contribution in [2.45, 2.75) is 25.2 Å². The smallest absolute Gasteiger partial charge is 0.408 e. The Hall–Kier alpha value is -3.74. The van der Waals surface area contributed by atoms with E-state index in [0.29, 0.717) is 0 Å². The Morgan fingerprint density at radius 1 is 1.32 bits per heavy atom. The normalized spacial score (nSPS) is 16.2. The van der Waals surface area contributed by atoms with E-state index in [0.717, 1.165) is 23.9 Å². The molecule has 3 heterocycles. The molecule has 2 aromatic heterocycles. The molecule has 1 aliphatic rings. The van der Waals surface area contributed by atoms with Crippen LogP contribution in [0.5, 0.6) is 11.5 Å². The van der Waals surface area contributed by atoms with Crippen molar-refractivity contribution < 1.29 is 36.6 Å². The number of nitrogens with one attached hydrogen (secondary N) is 1. The molecular formula is C21H19F4N5O4. The minimum absolute atomic E-state index is 0.0221. The number of nitrogens with zero attached hydrogens (tertiary/aromatic N) is 4. The number of carbonyl (C=O) groups excluding carboxylic acids is 1. The zero-order valence-corrected chi connectivity index (χ0v) is 18.0. The summed E-state index contributed by atoms with van der Waals surface area (Å²) in [6, 6.07) is 4.63. The van der Waals surface area contributed by atoms with Crippen LogP contribution in [0.1, 0.15) is 23.3 Å². The third-order valence-corrected chi connectivity index (χ3v) is 5.03. The second-order valence-corrected chi connectivity index (χ2v) is 7.43. The fraction of sp³-hybridized carbons (Fsp3) is 0.333. The van der Waals surface area contributed by atoms with Gasteiger partial charge in [-0.3, -0.25) is 4.79 Å². The molecule has 9 nitrogen and oxygen atoms in total. The van der Waals surface area contributed by atoms with Crippen molar-refractivity contribution in [2.24, 2.45) is 0 Å². The van der Waals surface area contributed by atoms with Crippen LogP contribution in [-0.2, 0) is 4.74 Å². The van der Waals surface area contributed by atoms with Crippen molar-refractivity contribution >= 4 is 11.7 Å². The van der Waals surface area contributed by atoms with E-state index in [-0.39, 0.29) is 47.6 Å². The minimum atomic E-state index is -4.53. The first-order chi connectivity index (χ1) is 16.2. The van der Waals surface area contributed by atoms with Gasteiger partial charge in [0.05, 0.1) is 12.2 Å². The molecule has 3 aromatic rings. The maximum absolute atomic E-state index is 14.6. The Morgan fingerprint density at radius 2 is 2.12 bits per heavy atom. The van der Waals surface area contributed by atoms with Gasteiger partial charge < -0.3 is 24.1 Å². The van der Waals surface area contributed by atoms with Crippen molar-refractivity contribution in [3.63, 3.8) is 0 Å². The molecule has 13 heteroatoms. The predicted molar refractivity (Wildman–Crippen MR) is 110 cm³/mol. The van der Waals surface area contributed by atoms with Gasteiger partial charge in [-0.1, -0.05) is 6.07 Å². The highest BCUT2D eigenvalue weighted by Gasteiger charge is 2.38. The molecule has 0 saturated heterocycles. The molecule has 1 aliphatic heterocycles. The third kappa shape index (κ3) is 4.78. The van der Waals surface area contributed by atoms with Gasteiger partial charge in [0.25, 0.3) is 5.91 Å². The first-order valence-electron chi connectivity index (χ1n) is 10.0. The zero-order chi connectivity index (χ0) is 24.5. The van der Waals surface area contributed by atoms with Crippen molar-refractivity contribution in [2.75, 3.05) is 25.6 Å². The maximum Gasteiger partial charge on any atom is 0.408 e. The number of aromatic nitrogens is 4. The summed E-state index contributed by atoms with van der Waals surface area (Å²) in [5.74, 6) is -1.52. The molecule has 1 N–H and O–H groups in total. The van der Waals surface area contributed by atoms with Crippen LogP contribution in [-0.4, -0.2) is 58.3 Å². The van der Waals surface area contributed by atoms with E-state index in [1.165, 1.54) is 31.4 Å². The number of halogens is 4. The number of anilines is 1. The van der Waals surface area contributed by atoms with Crippen molar-refractivity contribution in [3.8, 4) is 23.0 Å². The third-order valence-electron chi connectivity index (χ3n) is 5.03. The summed E-state index contributed by atoms with van der Waals surface area (Å²) in [6.07, 6.45) is -3.99. The van der Waals surface area contributed by atoms with Gasteiger partial charge in [-0.25, -0.2) is 9.37 Å². The van der Waals surface area contributed by atoms with E-state index >= 15 is 0 Å². The van der Waals surface area contributed by atoms with Gasteiger partial charge in [-0.2, -0.15) is 13.2 Å². The Balaban J connectivity index is 1.55. The van der Waals surface area contributed by atoms with Crippen molar-refractivity contribution in [1.82, 2.24) is 19.7 Å². The summed E-state index contributed by atoms with van der Waals surface area (Å²) >= 11 is 0. The fourth-order valence-electron chi connectivity index (χ4n) is 3.26. The second kappa shape index (κ2) is 9.25. The number of ether oxygens (including phenoxy) is 3. The lowest BCUT2D eigenvalue weighted by Crippen LogP contribution is -2.33. The van der Waals surface area contributed by atoms with Crippen LogP contribution >= 0.6 is 0 Å². The van der Waals surface area contributed by atoms with E-state index < -0.39 is 30.0 Å². The number of rotatable bonds is 6. The van der Waals surface area contributed by atoms with Crippen LogP contribution in [0.3, 0.4) is 0 Å². The Morgan fingerprint density at radius 3 is 2.85 bits per heavy atom. The van der Waals surface area contributed by atoms with E-state index in [1.54, 1.807) is 0 Å². The van der Waals surface area contributed by atoms with Gasteiger partial charge in [-0.15, -0.1) is 10.2 Å². The molecule has 0 aliphatic carbocycles. The monoisotopic (exact) mass is 481 g/mol. The summed E-state index contributed by atoms with van der Waals surface area (Å²) < 4.78 is 71.0. The average Bonchev–Trinajstić information content (AvgIpc) is 3.27. The molecule has 1 aromatic carbocycles. The van der Waals surface area contributed by atoms with Gasteiger partial charge in [0, 0.05) is 13.2 Å². The van der Waals surface area contributed by atoms with Crippen LogP contribution in [0.15, 0.2) is 36.7 Å². The number of benzene rings is 1. The summed E-state index contributed by atoms with van der Waals surface area (Å²) in [6.45, 7) is 1.37. The van der Waals surface area contributed by atoms with Gasteiger partial charge in [0.1, 0.15) is 36.3 Å². The Kier molecular flexibility index (Phi) is 6.37. The SMILES string of the molecule is COCC1COc2cc(C(=O)Nc3cccc(-c4nncn4C(C)C(F)(F)F)n3)c(F)cc2O1. The van der Waals surface area contributed by atoms with Gasteiger partial charge >= 0.3 is 6.18 Å². The number of alkyl halides is 3. The molecule has 2 unspecified atom stereocenters. The number of methoxy groups -OCH3 is 1. The first-order valence-corrected chi connectivity index (χ1v) is 10.0. The summed E-state index contributed by atoms with van der Waals surface area (Å²) in [7, 11) is 1.50. The topological polar surface area (TPSA) is 100 Å². The van der Waals surface area contributed by atoms with Crippen molar-refractivity contribution in [1.29, 1.82) is 0 Å². The van der Waals surface area contributed by atoms with Crippen molar-refractivity contribution in [3.05, 3.63) is 48.0 Å². The molecule has 0 bridgehead atoms. The van der Waals surface area contributed by atoms with Crippen LogP contribution in [0.25, 0.3) is 11.5 Å². The number of amides is 1. The number of hydrogen-bond donors (Lipinski definition) is 1. The van der Waals surface area contributed by atoms with E-state index in [9.17, 15) is 22.4 Å². The number of pyridine rings is 1. The minimum Gasteiger partial charge on any atom is -0.486 e. The summed E-state index contributed by atoms with van der Waals surface area (Å²) in [5, 5.41) is 9.69. The molecule has 1 amide bonds. The summed E-state index contributed by atoms with van der Waals surface area (Å²) in [4.78, 5) is 16.8. The molecule has 34 heavy (non-hydrogen) atoms. The van der Waals surface area contributed by atoms with Crippen LogP contribution in [0.4, 0.5) is 23.4 Å². The highest BCUT2D eigenvalue weighted by Crippen LogP contribution is 2.35. The molecule has 4 rings (SSSR count). The lowest BCUT2D eigenvalue weighted by atomic mass is 10.1. The maximum atomic E-state index is 14.6. The molecular weight excluding hydrogens is 462 g/mol. The Bertz CT molecular complexity index is 1200. The van der Waals surface area contributed by atoms with E-state index in [4.69, 9.17) is 14.2 Å². The van der Waals surface area contributed by atoms with Crippen LogP contribution < -0.4 is 14.8 Å². The molecule has 0 fully saturated rings.